The molecule has 150 valence electrons. The molecule has 0 radical (unpaired) electrons. The number of aryl methyl sites for hydroxylation is 1. The van der Waals surface area contributed by atoms with Gasteiger partial charge in [0.25, 0.3) is 0 Å². The molecule has 0 aliphatic heterocycles. The van der Waals surface area contributed by atoms with Gasteiger partial charge < -0.3 is 0 Å². The van der Waals surface area contributed by atoms with Gasteiger partial charge >= 0.3 is 0 Å². The monoisotopic (exact) mass is 382 g/mol. The summed E-state index contributed by atoms with van der Waals surface area (Å²) in [7, 11) is 0. The van der Waals surface area contributed by atoms with Crippen LogP contribution in [0.3, 0.4) is 0 Å². The van der Waals surface area contributed by atoms with Gasteiger partial charge in [-0.1, -0.05) is 56.2 Å². The zero-order valence-electron chi connectivity index (χ0n) is 17.2. The van der Waals surface area contributed by atoms with Gasteiger partial charge in [-0.05, 0) is 86.1 Å². The minimum absolute atomic E-state index is 0.187. The minimum Gasteiger partial charge on any atom is -0.207 e. The van der Waals surface area contributed by atoms with Crippen LogP contribution in [0.15, 0.2) is 48.6 Å². The van der Waals surface area contributed by atoms with Crippen molar-refractivity contribution in [2.75, 3.05) is 0 Å². The van der Waals surface area contributed by atoms with Crippen molar-refractivity contribution in [3.8, 4) is 11.1 Å². The second kappa shape index (κ2) is 10.0. The summed E-state index contributed by atoms with van der Waals surface area (Å²) in [6.45, 7) is 4.22. The van der Waals surface area contributed by atoms with Gasteiger partial charge in [-0.25, -0.2) is 8.78 Å². The van der Waals surface area contributed by atoms with Crippen molar-refractivity contribution in [2.24, 2.45) is 5.92 Å². The Bertz CT molecular complexity index is 798. The van der Waals surface area contributed by atoms with Crippen molar-refractivity contribution in [1.29, 1.82) is 0 Å². The Morgan fingerprint density at radius 3 is 2.39 bits per heavy atom. The van der Waals surface area contributed by atoms with Gasteiger partial charge in [0.15, 0.2) is 0 Å². The Morgan fingerprint density at radius 1 is 0.964 bits per heavy atom. The smallest absolute Gasteiger partial charge is 0.131 e. The van der Waals surface area contributed by atoms with E-state index in [1.54, 1.807) is 12.1 Å². The summed E-state index contributed by atoms with van der Waals surface area (Å²) in [5, 5.41) is 0. The molecule has 0 spiro atoms. The van der Waals surface area contributed by atoms with Crippen LogP contribution in [-0.2, 0) is 6.42 Å². The highest BCUT2D eigenvalue weighted by Gasteiger charge is 2.24. The lowest BCUT2D eigenvalue weighted by Gasteiger charge is -2.29. The molecule has 28 heavy (non-hydrogen) atoms. The van der Waals surface area contributed by atoms with Gasteiger partial charge in [0.1, 0.15) is 11.6 Å². The summed E-state index contributed by atoms with van der Waals surface area (Å²) in [4.78, 5) is 0. The van der Waals surface area contributed by atoms with Crippen LogP contribution in [0, 0.1) is 17.6 Å². The molecule has 3 rings (SSSR count). The van der Waals surface area contributed by atoms with Crippen molar-refractivity contribution < 1.29 is 8.78 Å². The third-order valence-electron chi connectivity index (χ3n) is 6.16. The molecule has 1 saturated carbocycles. The summed E-state index contributed by atoms with van der Waals surface area (Å²) >= 11 is 0. The maximum Gasteiger partial charge on any atom is 0.131 e. The predicted molar refractivity (Wildman–Crippen MR) is 115 cm³/mol. The summed E-state index contributed by atoms with van der Waals surface area (Å²) in [6.07, 6.45) is 12.9. The van der Waals surface area contributed by atoms with Crippen molar-refractivity contribution in [1.82, 2.24) is 0 Å². The number of hydrogen-bond acceptors (Lipinski definition) is 0. The summed E-state index contributed by atoms with van der Waals surface area (Å²) in [6, 6.07) is 10.6. The van der Waals surface area contributed by atoms with E-state index in [0.717, 1.165) is 42.7 Å². The molecule has 1 fully saturated rings. The quantitative estimate of drug-likeness (QED) is 0.423. The first kappa shape index (κ1) is 20.8. The standard InChI is InChI=1S/C26H32F2/c1-3-5-6-8-20-11-15-24(25(27)17-20)22-14-16-23(26(28)18-22)21-12-9-19(7-4-2)10-13-21/h3,5,11,14-19,21H,4,6-10,12-13H2,1-2H3/b5-3+. The first-order chi connectivity index (χ1) is 13.6. The van der Waals surface area contributed by atoms with Gasteiger partial charge in [0.05, 0.1) is 0 Å². The Labute approximate surface area is 168 Å². The molecule has 2 heteroatoms. The fraction of sp³-hybridized carbons (Fsp3) is 0.462. The van der Waals surface area contributed by atoms with E-state index in [1.165, 1.54) is 31.7 Å². The molecule has 0 saturated heterocycles. The van der Waals surface area contributed by atoms with Crippen LogP contribution < -0.4 is 0 Å². The average molecular weight is 383 g/mol. The number of hydrogen-bond donors (Lipinski definition) is 0. The van der Waals surface area contributed by atoms with E-state index in [9.17, 15) is 8.78 Å². The molecule has 2 aromatic rings. The molecule has 0 N–H and O–H groups in total. The number of halogens is 2. The first-order valence-electron chi connectivity index (χ1n) is 10.8. The predicted octanol–water partition coefficient (Wildman–Crippen LogP) is 8.21. The number of benzene rings is 2. The molecule has 0 amide bonds. The second-order valence-electron chi connectivity index (χ2n) is 8.16. The Balaban J connectivity index is 1.72. The summed E-state index contributed by atoms with van der Waals surface area (Å²) in [5.74, 6) is 0.656. The third kappa shape index (κ3) is 5.10. The van der Waals surface area contributed by atoms with E-state index in [1.807, 2.05) is 31.2 Å². The Hall–Kier alpha value is -1.96. The van der Waals surface area contributed by atoms with Crippen LogP contribution in [0.25, 0.3) is 11.1 Å². The van der Waals surface area contributed by atoms with Gasteiger partial charge in [-0.2, -0.15) is 0 Å². The van der Waals surface area contributed by atoms with Gasteiger partial charge in [-0.3, -0.25) is 0 Å². The fourth-order valence-corrected chi connectivity index (χ4v) is 4.56. The molecule has 0 bridgehead atoms. The lowest BCUT2D eigenvalue weighted by Crippen LogP contribution is -2.14. The van der Waals surface area contributed by atoms with Crippen LogP contribution in [0.2, 0.25) is 0 Å². The fourth-order valence-electron chi connectivity index (χ4n) is 4.56. The summed E-state index contributed by atoms with van der Waals surface area (Å²) < 4.78 is 29.5. The molecule has 1 aliphatic carbocycles. The molecule has 0 aromatic heterocycles. The van der Waals surface area contributed by atoms with E-state index in [4.69, 9.17) is 0 Å². The maximum atomic E-state index is 14.9. The largest absolute Gasteiger partial charge is 0.207 e. The highest BCUT2D eigenvalue weighted by Crippen LogP contribution is 2.39. The lowest BCUT2D eigenvalue weighted by atomic mass is 9.77. The highest BCUT2D eigenvalue weighted by molar-refractivity contribution is 5.65. The van der Waals surface area contributed by atoms with E-state index in [2.05, 4.69) is 13.0 Å². The van der Waals surface area contributed by atoms with Crippen LogP contribution in [0.5, 0.6) is 0 Å². The number of allylic oxidation sites excluding steroid dienone is 2. The van der Waals surface area contributed by atoms with Crippen molar-refractivity contribution >= 4 is 0 Å². The molecule has 1 aliphatic rings. The van der Waals surface area contributed by atoms with Crippen molar-refractivity contribution in [3.05, 3.63) is 71.3 Å². The van der Waals surface area contributed by atoms with Gasteiger partial charge in [0, 0.05) is 5.56 Å². The highest BCUT2D eigenvalue weighted by atomic mass is 19.1. The van der Waals surface area contributed by atoms with Crippen molar-refractivity contribution in [3.63, 3.8) is 0 Å². The third-order valence-corrected chi connectivity index (χ3v) is 6.16. The molecular formula is C26H32F2. The summed E-state index contributed by atoms with van der Waals surface area (Å²) in [5.41, 5.74) is 2.88. The SMILES string of the molecule is C/C=C/CCc1ccc(-c2ccc(C3CCC(CCC)CC3)c(F)c2)c(F)c1. The van der Waals surface area contributed by atoms with Crippen molar-refractivity contribution in [2.45, 2.75) is 71.1 Å². The Morgan fingerprint density at radius 2 is 1.75 bits per heavy atom. The molecule has 2 aromatic carbocycles. The van der Waals surface area contributed by atoms with Crippen LogP contribution in [0.1, 0.15) is 75.8 Å². The lowest BCUT2D eigenvalue weighted by molar-refractivity contribution is 0.304. The zero-order chi connectivity index (χ0) is 19.9. The molecule has 0 heterocycles. The van der Waals surface area contributed by atoms with Gasteiger partial charge in [0.2, 0.25) is 0 Å². The van der Waals surface area contributed by atoms with Crippen LogP contribution >= 0.6 is 0 Å². The maximum absolute atomic E-state index is 14.9. The number of rotatable bonds is 7. The van der Waals surface area contributed by atoms with E-state index in [0.29, 0.717) is 17.0 Å². The van der Waals surface area contributed by atoms with Gasteiger partial charge in [-0.15, -0.1) is 0 Å². The van der Waals surface area contributed by atoms with Crippen LogP contribution in [-0.4, -0.2) is 0 Å². The van der Waals surface area contributed by atoms with Crippen LogP contribution in [0.4, 0.5) is 8.78 Å². The molecule has 0 nitrogen and oxygen atoms in total. The van der Waals surface area contributed by atoms with E-state index < -0.39 is 0 Å². The Kier molecular flexibility index (Phi) is 7.42. The molecule has 0 unspecified atom stereocenters. The molecular weight excluding hydrogens is 350 g/mol. The minimum atomic E-state index is -0.273. The van der Waals surface area contributed by atoms with E-state index >= 15 is 0 Å². The topological polar surface area (TPSA) is 0 Å². The normalized spacial score (nSPS) is 20.0. The first-order valence-corrected chi connectivity index (χ1v) is 10.8. The second-order valence-corrected chi connectivity index (χ2v) is 8.16. The zero-order valence-corrected chi connectivity index (χ0v) is 17.2. The average Bonchev–Trinajstić information content (AvgIpc) is 2.69. The molecule has 0 atom stereocenters. The van der Waals surface area contributed by atoms with E-state index in [-0.39, 0.29) is 11.6 Å².